The molecule has 3 rings (SSSR count). The van der Waals surface area contributed by atoms with Crippen LogP contribution in [0.25, 0.3) is 11.2 Å². The average molecular weight is 223 g/mol. The van der Waals surface area contributed by atoms with Gasteiger partial charge in [0.15, 0.2) is 11.2 Å². The molecule has 0 atom stereocenters. The zero-order valence-electron chi connectivity index (χ0n) is 8.21. The molecule has 0 amide bonds. The summed E-state index contributed by atoms with van der Waals surface area (Å²) in [5.41, 5.74) is 5.88. The largest absolute Gasteiger partial charge is 0.369 e. The highest BCUT2D eigenvalue weighted by Gasteiger charge is 2.23. The van der Waals surface area contributed by atoms with Crippen LogP contribution >= 0.6 is 0 Å². The maximum absolute atomic E-state index is 11.5. The Hall–Kier alpha value is -1.93. The summed E-state index contributed by atoms with van der Waals surface area (Å²) >= 11 is 0. The van der Waals surface area contributed by atoms with Crippen molar-refractivity contribution in [1.82, 2.24) is 19.5 Å². The highest BCUT2D eigenvalue weighted by molar-refractivity contribution is 5.70. The molecular weight excluding hydrogens is 214 g/mol. The molecule has 0 spiro atoms. The molecule has 0 unspecified atom stereocenters. The van der Waals surface area contributed by atoms with E-state index in [0.717, 1.165) is 0 Å². The Morgan fingerprint density at radius 1 is 1.50 bits per heavy atom. The van der Waals surface area contributed by atoms with Gasteiger partial charge in [-0.1, -0.05) is 0 Å². The standard InChI is InChI=1S/C8H9N5O3/c9-7-12-6(14)4-5(11-3-10-4)13(7)8-15-1-2-16-8/h3,8H,1-2H2,(H,10,11)(H2,9,12,14). The van der Waals surface area contributed by atoms with Gasteiger partial charge >= 0.3 is 5.56 Å². The molecule has 3 heterocycles. The number of ether oxygens (including phenoxy) is 2. The van der Waals surface area contributed by atoms with Crippen molar-refractivity contribution in [2.24, 2.45) is 0 Å². The third-order valence-corrected chi connectivity index (χ3v) is 2.34. The van der Waals surface area contributed by atoms with E-state index in [0.29, 0.717) is 18.9 Å². The SMILES string of the molecule is Nc1nc(=O)c2[nH]cnc2n1C1OCCO1. The summed E-state index contributed by atoms with van der Waals surface area (Å²) < 4.78 is 12.0. The molecule has 0 radical (unpaired) electrons. The minimum absolute atomic E-state index is 0.0245. The minimum Gasteiger partial charge on any atom is -0.369 e. The van der Waals surface area contributed by atoms with Crippen molar-refractivity contribution in [2.75, 3.05) is 18.9 Å². The van der Waals surface area contributed by atoms with E-state index in [-0.39, 0.29) is 11.5 Å². The molecule has 0 saturated carbocycles. The van der Waals surface area contributed by atoms with E-state index < -0.39 is 12.0 Å². The molecule has 1 aliphatic heterocycles. The summed E-state index contributed by atoms with van der Waals surface area (Å²) in [4.78, 5) is 21.9. The number of aromatic nitrogens is 4. The number of nitrogen functional groups attached to an aromatic ring is 1. The van der Waals surface area contributed by atoms with E-state index in [4.69, 9.17) is 15.2 Å². The second-order valence-corrected chi connectivity index (χ2v) is 3.29. The normalized spacial score (nSPS) is 17.2. The van der Waals surface area contributed by atoms with E-state index in [9.17, 15) is 4.79 Å². The van der Waals surface area contributed by atoms with Crippen molar-refractivity contribution in [3.63, 3.8) is 0 Å². The number of H-pyrrole nitrogens is 1. The molecule has 8 nitrogen and oxygen atoms in total. The van der Waals surface area contributed by atoms with Gasteiger partial charge in [0.25, 0.3) is 0 Å². The predicted molar refractivity (Wildman–Crippen MR) is 53.5 cm³/mol. The molecule has 3 N–H and O–H groups in total. The minimum atomic E-state index is -0.668. The van der Waals surface area contributed by atoms with Crippen LogP contribution in [0, 0.1) is 0 Å². The summed E-state index contributed by atoms with van der Waals surface area (Å²) in [5, 5.41) is 0. The van der Waals surface area contributed by atoms with Crippen molar-refractivity contribution in [3.05, 3.63) is 16.7 Å². The van der Waals surface area contributed by atoms with Crippen molar-refractivity contribution >= 4 is 17.1 Å². The first-order valence-electron chi connectivity index (χ1n) is 4.71. The van der Waals surface area contributed by atoms with Gasteiger partial charge in [0, 0.05) is 0 Å². The van der Waals surface area contributed by atoms with Crippen LogP contribution in [0.4, 0.5) is 5.95 Å². The number of nitrogens with one attached hydrogen (secondary N) is 1. The quantitative estimate of drug-likeness (QED) is 0.655. The van der Waals surface area contributed by atoms with E-state index in [1.165, 1.54) is 10.9 Å². The lowest BCUT2D eigenvalue weighted by molar-refractivity contribution is -0.0974. The fraction of sp³-hybridized carbons (Fsp3) is 0.375. The van der Waals surface area contributed by atoms with Crippen molar-refractivity contribution in [2.45, 2.75) is 6.41 Å². The van der Waals surface area contributed by atoms with E-state index >= 15 is 0 Å². The Morgan fingerprint density at radius 3 is 3.00 bits per heavy atom. The maximum atomic E-state index is 11.5. The summed E-state index contributed by atoms with van der Waals surface area (Å²) in [6.45, 7) is 0.949. The second-order valence-electron chi connectivity index (χ2n) is 3.29. The molecule has 1 saturated heterocycles. The average Bonchev–Trinajstić information content (AvgIpc) is 2.86. The third-order valence-electron chi connectivity index (χ3n) is 2.34. The first-order valence-corrected chi connectivity index (χ1v) is 4.71. The van der Waals surface area contributed by atoms with E-state index in [1.807, 2.05) is 0 Å². The van der Waals surface area contributed by atoms with Crippen LogP contribution in [-0.2, 0) is 9.47 Å². The van der Waals surface area contributed by atoms with Gasteiger partial charge in [-0.25, -0.2) is 9.55 Å². The fourth-order valence-corrected chi connectivity index (χ4v) is 1.65. The maximum Gasteiger partial charge on any atom is 0.300 e. The van der Waals surface area contributed by atoms with Gasteiger partial charge in [-0.3, -0.25) is 4.79 Å². The number of aromatic amines is 1. The number of rotatable bonds is 1. The van der Waals surface area contributed by atoms with Crippen molar-refractivity contribution < 1.29 is 9.47 Å². The zero-order chi connectivity index (χ0) is 11.1. The number of hydrogen-bond donors (Lipinski definition) is 2. The molecule has 0 aromatic carbocycles. The number of fused-ring (bicyclic) bond motifs is 1. The van der Waals surface area contributed by atoms with E-state index in [1.54, 1.807) is 0 Å². The summed E-state index contributed by atoms with van der Waals surface area (Å²) in [7, 11) is 0. The number of nitrogens with two attached hydrogens (primary N) is 1. The smallest absolute Gasteiger partial charge is 0.300 e. The highest BCUT2D eigenvalue weighted by atomic mass is 16.7. The van der Waals surface area contributed by atoms with Crippen LogP contribution in [0.15, 0.2) is 11.1 Å². The van der Waals surface area contributed by atoms with Gasteiger partial charge in [0.2, 0.25) is 12.4 Å². The molecule has 84 valence electrons. The Bertz CT molecular complexity index is 583. The first-order chi connectivity index (χ1) is 7.77. The summed E-state index contributed by atoms with van der Waals surface area (Å²) in [6.07, 6.45) is 0.734. The molecule has 2 aromatic heterocycles. The molecule has 0 bridgehead atoms. The Kier molecular flexibility index (Phi) is 1.91. The number of imidazole rings is 1. The molecule has 1 fully saturated rings. The van der Waals surface area contributed by atoms with Gasteiger partial charge in [0.05, 0.1) is 19.5 Å². The number of anilines is 1. The van der Waals surface area contributed by atoms with Crippen molar-refractivity contribution in [3.8, 4) is 0 Å². The Morgan fingerprint density at radius 2 is 2.25 bits per heavy atom. The lowest BCUT2D eigenvalue weighted by Crippen LogP contribution is -2.22. The number of hydrogen-bond acceptors (Lipinski definition) is 6. The van der Waals surface area contributed by atoms with Crippen LogP contribution in [-0.4, -0.2) is 32.7 Å². The van der Waals surface area contributed by atoms with Crippen LogP contribution in [0.3, 0.4) is 0 Å². The molecule has 1 aliphatic rings. The summed E-state index contributed by atoms with van der Waals surface area (Å²) in [5.74, 6) is 0.0245. The van der Waals surface area contributed by atoms with Crippen molar-refractivity contribution in [1.29, 1.82) is 0 Å². The molecule has 8 heteroatoms. The van der Waals surface area contributed by atoms with E-state index in [2.05, 4.69) is 15.0 Å². The topological polar surface area (TPSA) is 108 Å². The lowest BCUT2D eigenvalue weighted by atomic mass is 10.5. The van der Waals surface area contributed by atoms with Crippen LogP contribution < -0.4 is 11.3 Å². The molecule has 2 aromatic rings. The van der Waals surface area contributed by atoms with Crippen LogP contribution in [0.2, 0.25) is 0 Å². The molecular formula is C8H9N5O3. The first kappa shape index (κ1) is 9.31. The van der Waals surface area contributed by atoms with Gasteiger partial charge < -0.3 is 20.2 Å². The molecule has 16 heavy (non-hydrogen) atoms. The summed E-state index contributed by atoms with van der Waals surface area (Å²) in [6, 6.07) is 0. The second kappa shape index (κ2) is 3.29. The monoisotopic (exact) mass is 223 g/mol. The van der Waals surface area contributed by atoms with Gasteiger partial charge in [-0.05, 0) is 0 Å². The highest BCUT2D eigenvalue weighted by Crippen LogP contribution is 2.21. The van der Waals surface area contributed by atoms with Gasteiger partial charge in [-0.15, -0.1) is 0 Å². The zero-order valence-corrected chi connectivity index (χ0v) is 8.21. The molecule has 0 aliphatic carbocycles. The van der Waals surface area contributed by atoms with Gasteiger partial charge in [-0.2, -0.15) is 4.98 Å². The third kappa shape index (κ3) is 1.20. The van der Waals surface area contributed by atoms with Crippen LogP contribution in [0.1, 0.15) is 6.41 Å². The fourth-order valence-electron chi connectivity index (χ4n) is 1.65. The lowest BCUT2D eigenvalue weighted by Gasteiger charge is -2.15. The van der Waals surface area contributed by atoms with Gasteiger partial charge in [0.1, 0.15) is 0 Å². The van der Waals surface area contributed by atoms with Crippen LogP contribution in [0.5, 0.6) is 0 Å². The Labute approximate surface area is 89.0 Å². The number of nitrogens with zero attached hydrogens (tertiary/aromatic N) is 3. The Balaban J connectivity index is 2.29. The predicted octanol–water partition coefficient (Wildman–Crippen LogP) is -0.795.